The van der Waals surface area contributed by atoms with Gasteiger partial charge in [0, 0.05) is 53.4 Å². The molecule has 2 aliphatic rings. The van der Waals surface area contributed by atoms with Crippen molar-refractivity contribution in [2.45, 2.75) is 43.9 Å². The molecule has 0 aromatic carbocycles. The van der Waals surface area contributed by atoms with E-state index in [1.54, 1.807) is 6.07 Å². The highest BCUT2D eigenvalue weighted by molar-refractivity contribution is 6.03. The minimum absolute atomic E-state index is 0.100. The number of H-pyrrole nitrogens is 1. The quantitative estimate of drug-likeness (QED) is 0.625. The molecular formula is C24H24F2N4O3. The number of nitrogens with two attached hydrogens (primary N) is 1. The lowest BCUT2D eigenvalue weighted by atomic mass is 9.80. The van der Waals surface area contributed by atoms with Crippen molar-refractivity contribution in [3.8, 4) is 5.88 Å². The molecule has 3 aromatic heterocycles. The number of rotatable bonds is 4. The van der Waals surface area contributed by atoms with Gasteiger partial charge in [-0.3, -0.25) is 14.6 Å². The fourth-order valence-corrected chi connectivity index (χ4v) is 5.89. The molecule has 3 heterocycles. The number of amides is 1. The molecule has 0 bridgehead atoms. The summed E-state index contributed by atoms with van der Waals surface area (Å²) >= 11 is 0. The monoisotopic (exact) mass is 454 g/mol. The number of aromatic nitrogens is 3. The number of carbonyl (C=O) groups excluding carboxylic acids is 1. The summed E-state index contributed by atoms with van der Waals surface area (Å²) in [5, 5.41) is 0.100. The molecule has 2 aliphatic carbocycles. The van der Waals surface area contributed by atoms with Gasteiger partial charge in [-0.25, -0.2) is 13.8 Å². The lowest BCUT2D eigenvalue weighted by Crippen LogP contribution is -2.23. The molecule has 3 N–H and O–H groups in total. The lowest BCUT2D eigenvalue weighted by Gasteiger charge is -2.26. The van der Waals surface area contributed by atoms with Crippen molar-refractivity contribution in [2.24, 2.45) is 17.6 Å². The van der Waals surface area contributed by atoms with Crippen LogP contribution in [-0.4, -0.2) is 33.9 Å². The predicted molar refractivity (Wildman–Crippen MR) is 118 cm³/mol. The zero-order chi connectivity index (χ0) is 23.5. The van der Waals surface area contributed by atoms with E-state index >= 15 is 0 Å². The first kappa shape index (κ1) is 21.5. The SMILES string of the molecule is COc1nc(C)ccc1C1C(c2cc(=O)c3c(C(N)=O)nccc3[nH]2)CC2C1CCC2(F)F. The number of hydrogen-bond donors (Lipinski definition) is 2. The second kappa shape index (κ2) is 7.60. The molecule has 33 heavy (non-hydrogen) atoms. The number of aromatic amines is 1. The van der Waals surface area contributed by atoms with Gasteiger partial charge in [-0.05, 0) is 37.8 Å². The van der Waals surface area contributed by atoms with Crippen molar-refractivity contribution < 1.29 is 18.3 Å². The summed E-state index contributed by atoms with van der Waals surface area (Å²) in [4.78, 5) is 36.4. The highest BCUT2D eigenvalue weighted by atomic mass is 19.3. The first-order valence-electron chi connectivity index (χ1n) is 10.9. The maximum atomic E-state index is 14.8. The molecule has 3 aromatic rings. The highest BCUT2D eigenvalue weighted by Gasteiger charge is 2.59. The van der Waals surface area contributed by atoms with Gasteiger partial charge in [-0.1, -0.05) is 6.07 Å². The summed E-state index contributed by atoms with van der Waals surface area (Å²) in [6.45, 7) is 1.84. The number of fused-ring (bicyclic) bond motifs is 2. The number of ether oxygens (including phenoxy) is 1. The van der Waals surface area contributed by atoms with E-state index in [-0.39, 0.29) is 41.7 Å². The van der Waals surface area contributed by atoms with Crippen LogP contribution in [0.15, 0.2) is 35.3 Å². The van der Waals surface area contributed by atoms with E-state index in [2.05, 4.69) is 15.0 Å². The molecule has 2 fully saturated rings. The first-order chi connectivity index (χ1) is 15.7. The van der Waals surface area contributed by atoms with Crippen molar-refractivity contribution in [3.63, 3.8) is 0 Å². The van der Waals surface area contributed by atoms with E-state index < -0.39 is 23.2 Å². The Labute approximate surface area is 188 Å². The van der Waals surface area contributed by atoms with Gasteiger partial charge in [-0.15, -0.1) is 0 Å². The lowest BCUT2D eigenvalue weighted by molar-refractivity contribution is -0.0415. The van der Waals surface area contributed by atoms with Crippen LogP contribution in [0.4, 0.5) is 8.78 Å². The third-order valence-corrected chi connectivity index (χ3v) is 7.25. The predicted octanol–water partition coefficient (Wildman–Crippen LogP) is 3.67. The van der Waals surface area contributed by atoms with Crippen LogP contribution in [0.3, 0.4) is 0 Å². The Balaban J connectivity index is 1.68. The number of nitrogens with one attached hydrogen (secondary N) is 1. The second-order valence-electron chi connectivity index (χ2n) is 9.02. The fraction of sp³-hybridized carbons (Fsp3) is 0.417. The molecule has 7 nitrogen and oxygen atoms in total. The second-order valence-corrected chi connectivity index (χ2v) is 9.02. The van der Waals surface area contributed by atoms with E-state index in [0.29, 0.717) is 23.5 Å². The number of hydrogen-bond acceptors (Lipinski definition) is 5. The van der Waals surface area contributed by atoms with Crippen molar-refractivity contribution >= 4 is 16.8 Å². The third-order valence-electron chi connectivity index (χ3n) is 7.25. The Hall–Kier alpha value is -3.36. The smallest absolute Gasteiger partial charge is 0.268 e. The summed E-state index contributed by atoms with van der Waals surface area (Å²) in [7, 11) is 1.52. The highest BCUT2D eigenvalue weighted by Crippen LogP contribution is 2.63. The van der Waals surface area contributed by atoms with Crippen LogP contribution in [0.5, 0.6) is 5.88 Å². The molecular weight excluding hydrogens is 430 g/mol. The van der Waals surface area contributed by atoms with Crippen LogP contribution < -0.4 is 15.9 Å². The number of halogens is 2. The van der Waals surface area contributed by atoms with Crippen LogP contribution in [0, 0.1) is 18.8 Å². The summed E-state index contributed by atoms with van der Waals surface area (Å²) in [6, 6.07) is 6.72. The topological polar surface area (TPSA) is 111 Å². The fourth-order valence-electron chi connectivity index (χ4n) is 5.89. The van der Waals surface area contributed by atoms with Crippen molar-refractivity contribution in [3.05, 3.63) is 63.3 Å². The van der Waals surface area contributed by atoms with Crippen LogP contribution in [0.25, 0.3) is 10.9 Å². The van der Waals surface area contributed by atoms with Gasteiger partial charge in [-0.2, -0.15) is 0 Å². The van der Waals surface area contributed by atoms with Gasteiger partial charge in [0.1, 0.15) is 5.69 Å². The number of alkyl halides is 2. The number of aryl methyl sites for hydroxylation is 1. The zero-order valence-electron chi connectivity index (χ0n) is 18.3. The van der Waals surface area contributed by atoms with Gasteiger partial charge >= 0.3 is 0 Å². The van der Waals surface area contributed by atoms with E-state index in [9.17, 15) is 18.4 Å². The molecule has 2 saturated carbocycles. The van der Waals surface area contributed by atoms with Crippen molar-refractivity contribution in [1.29, 1.82) is 0 Å². The van der Waals surface area contributed by atoms with Crippen LogP contribution in [-0.2, 0) is 0 Å². The Kier molecular flexibility index (Phi) is 4.95. The molecule has 1 amide bonds. The number of methoxy groups -OCH3 is 1. The van der Waals surface area contributed by atoms with Gasteiger partial charge in [0.15, 0.2) is 5.43 Å². The van der Waals surface area contributed by atoms with Gasteiger partial charge in [0.2, 0.25) is 5.88 Å². The van der Waals surface area contributed by atoms with Crippen molar-refractivity contribution in [1.82, 2.24) is 15.0 Å². The molecule has 4 unspecified atom stereocenters. The average Bonchev–Trinajstić information content (AvgIpc) is 3.30. The number of pyridine rings is 3. The Morgan fingerprint density at radius 1 is 1.30 bits per heavy atom. The minimum atomic E-state index is -2.76. The largest absolute Gasteiger partial charge is 0.481 e. The number of nitrogens with zero attached hydrogens (tertiary/aromatic N) is 2. The Morgan fingerprint density at radius 3 is 2.82 bits per heavy atom. The van der Waals surface area contributed by atoms with E-state index in [1.807, 2.05) is 19.1 Å². The standard InChI is InChI=1S/C24H24F2N4O3/c1-11-3-4-13(23(29-11)33-2)19-12-5-7-24(25,26)15(12)9-14(19)17-10-18(31)20-16(30-17)6-8-28-21(20)22(27)32/h3-4,6,8,10,12,14-15,19H,5,7,9H2,1-2H3,(H2,27,32)(H,30,31). The molecule has 0 aliphatic heterocycles. The normalized spacial score (nSPS) is 25.8. The van der Waals surface area contributed by atoms with Gasteiger partial charge in [0.25, 0.3) is 11.8 Å². The van der Waals surface area contributed by atoms with Crippen molar-refractivity contribution in [2.75, 3.05) is 7.11 Å². The molecule has 9 heteroatoms. The molecule has 0 spiro atoms. The van der Waals surface area contributed by atoms with E-state index in [0.717, 1.165) is 11.3 Å². The third kappa shape index (κ3) is 3.37. The molecule has 0 saturated heterocycles. The summed E-state index contributed by atoms with van der Waals surface area (Å²) in [6.07, 6.45) is 1.87. The van der Waals surface area contributed by atoms with E-state index in [1.165, 1.54) is 19.4 Å². The maximum absolute atomic E-state index is 14.8. The average molecular weight is 454 g/mol. The van der Waals surface area contributed by atoms with E-state index in [4.69, 9.17) is 10.5 Å². The van der Waals surface area contributed by atoms with Gasteiger partial charge in [0.05, 0.1) is 18.0 Å². The molecule has 0 radical (unpaired) electrons. The summed E-state index contributed by atoms with van der Waals surface area (Å²) in [5.74, 6) is -4.86. The summed E-state index contributed by atoms with van der Waals surface area (Å²) < 4.78 is 35.2. The van der Waals surface area contributed by atoms with Crippen LogP contribution in [0.2, 0.25) is 0 Å². The number of primary amides is 1. The number of carbonyl (C=O) groups is 1. The summed E-state index contributed by atoms with van der Waals surface area (Å²) in [5.41, 5.74) is 7.34. The van der Waals surface area contributed by atoms with Crippen LogP contribution in [0.1, 0.15) is 58.5 Å². The maximum Gasteiger partial charge on any atom is 0.268 e. The minimum Gasteiger partial charge on any atom is -0.481 e. The molecule has 172 valence electrons. The van der Waals surface area contributed by atoms with Gasteiger partial charge < -0.3 is 15.5 Å². The molecule has 4 atom stereocenters. The Bertz CT molecular complexity index is 1320. The molecule has 5 rings (SSSR count). The first-order valence-corrected chi connectivity index (χ1v) is 10.9. The zero-order valence-corrected chi connectivity index (χ0v) is 18.3. The Morgan fingerprint density at radius 2 is 2.09 bits per heavy atom. The van der Waals surface area contributed by atoms with Crippen LogP contribution >= 0.6 is 0 Å².